The van der Waals surface area contributed by atoms with Crippen LogP contribution in [0.25, 0.3) is 10.8 Å². The molecule has 0 bridgehead atoms. The van der Waals surface area contributed by atoms with Gasteiger partial charge in [-0.2, -0.15) is 0 Å². The zero-order valence-corrected chi connectivity index (χ0v) is 35.7. The molecule has 15 heteroatoms. The van der Waals surface area contributed by atoms with E-state index in [-0.39, 0.29) is 43.9 Å². The van der Waals surface area contributed by atoms with Crippen molar-refractivity contribution < 1.29 is 29.1 Å². The Morgan fingerprint density at radius 1 is 0.562 bits per heavy atom. The number of nitrogens with zero attached hydrogens (tertiary/aromatic N) is 2. The van der Waals surface area contributed by atoms with Crippen LogP contribution in [-0.2, 0) is 49.9 Å². The van der Waals surface area contributed by atoms with E-state index in [1.165, 1.54) is 12.1 Å². The average molecular weight is 868 g/mol. The van der Waals surface area contributed by atoms with Gasteiger partial charge in [0.25, 0.3) is 0 Å². The molecule has 334 valence electrons. The molecule has 5 aromatic rings. The minimum Gasteiger partial charge on any atom is -0.508 e. The van der Waals surface area contributed by atoms with E-state index in [0.29, 0.717) is 38.0 Å². The molecule has 0 aromatic heterocycles. The second-order valence-corrected chi connectivity index (χ2v) is 16.1. The molecule has 4 atom stereocenters. The largest absolute Gasteiger partial charge is 0.508 e. The van der Waals surface area contributed by atoms with Gasteiger partial charge in [0, 0.05) is 32.5 Å². The summed E-state index contributed by atoms with van der Waals surface area (Å²) in [6, 6.07) is 35.2. The molecule has 0 unspecified atom stereocenters. The second-order valence-electron chi connectivity index (χ2n) is 16.1. The summed E-state index contributed by atoms with van der Waals surface area (Å²) < 4.78 is 0. The number of rotatable bonds is 16. The first kappa shape index (κ1) is 46.2. The van der Waals surface area contributed by atoms with Crippen molar-refractivity contribution in [2.24, 2.45) is 16.5 Å². The van der Waals surface area contributed by atoms with Crippen molar-refractivity contribution >= 4 is 46.3 Å². The average Bonchev–Trinajstić information content (AvgIpc) is 3.29. The lowest BCUT2D eigenvalue weighted by molar-refractivity contribution is -0.134. The third kappa shape index (κ3) is 14.4. The molecule has 1 saturated heterocycles. The molecule has 64 heavy (non-hydrogen) atoms. The van der Waals surface area contributed by atoms with Gasteiger partial charge in [0.05, 0.1) is 6.54 Å². The number of benzene rings is 5. The van der Waals surface area contributed by atoms with Crippen molar-refractivity contribution in [3.63, 3.8) is 0 Å². The van der Waals surface area contributed by atoms with Gasteiger partial charge >= 0.3 is 0 Å². The van der Waals surface area contributed by atoms with Crippen molar-refractivity contribution in [1.29, 1.82) is 0 Å². The highest BCUT2D eigenvalue weighted by molar-refractivity contribution is 5.97. The van der Waals surface area contributed by atoms with Crippen molar-refractivity contribution in [1.82, 2.24) is 31.5 Å². The van der Waals surface area contributed by atoms with Crippen LogP contribution in [0.2, 0.25) is 0 Å². The highest BCUT2D eigenvalue weighted by Gasteiger charge is 2.32. The van der Waals surface area contributed by atoms with Crippen molar-refractivity contribution in [2.75, 3.05) is 19.6 Å². The molecule has 1 aliphatic heterocycles. The molecule has 0 saturated carbocycles. The monoisotopic (exact) mass is 867 g/mol. The summed E-state index contributed by atoms with van der Waals surface area (Å²) in [5.74, 6) is -3.28. The fourth-order valence-electron chi connectivity index (χ4n) is 7.70. The molecule has 1 fully saturated rings. The van der Waals surface area contributed by atoms with Gasteiger partial charge in [-0.3, -0.25) is 33.9 Å². The molecular formula is C49H57N9O6. The molecule has 10 N–H and O–H groups in total. The Morgan fingerprint density at radius 2 is 1.08 bits per heavy atom. The van der Waals surface area contributed by atoms with Gasteiger partial charge in [-0.1, -0.05) is 115 Å². The molecule has 15 nitrogen and oxygen atoms in total. The molecule has 0 aliphatic carbocycles. The lowest BCUT2D eigenvalue weighted by Crippen LogP contribution is -2.58. The number of aromatic hydroxyl groups is 1. The number of aliphatic imine (C=N–C) groups is 1. The lowest BCUT2D eigenvalue weighted by atomic mass is 10.0. The van der Waals surface area contributed by atoms with E-state index < -0.39 is 60.2 Å². The number of amides is 5. The van der Waals surface area contributed by atoms with Crippen LogP contribution in [0.5, 0.6) is 5.75 Å². The van der Waals surface area contributed by atoms with E-state index in [1.807, 2.05) is 78.9 Å². The highest BCUT2D eigenvalue weighted by Crippen LogP contribution is 2.18. The van der Waals surface area contributed by atoms with E-state index in [1.54, 1.807) is 12.1 Å². The van der Waals surface area contributed by atoms with Crippen LogP contribution in [0.4, 0.5) is 0 Å². The van der Waals surface area contributed by atoms with Crippen LogP contribution in [0, 0.1) is 0 Å². The summed E-state index contributed by atoms with van der Waals surface area (Å²) in [5, 5.41) is 25.9. The van der Waals surface area contributed by atoms with Crippen LogP contribution in [0.3, 0.4) is 0 Å². The smallest absolute Gasteiger partial charge is 0.243 e. The Labute approximate surface area is 373 Å². The fraction of sp³-hybridized carbons (Fsp3) is 0.306. The van der Waals surface area contributed by atoms with Crippen LogP contribution in [0.15, 0.2) is 132 Å². The molecule has 5 amide bonds. The number of hydrogen-bond donors (Lipinski definition) is 8. The first-order chi connectivity index (χ1) is 31.0. The van der Waals surface area contributed by atoms with Crippen molar-refractivity contribution in [3.8, 4) is 5.75 Å². The normalized spacial score (nSPS) is 18.7. The van der Waals surface area contributed by atoms with Gasteiger partial charge in [0.15, 0.2) is 5.96 Å². The van der Waals surface area contributed by atoms with Gasteiger partial charge in [-0.25, -0.2) is 0 Å². The van der Waals surface area contributed by atoms with Crippen molar-refractivity contribution in [2.45, 2.75) is 75.8 Å². The number of nitrogens with one attached hydrogen (secondary N) is 5. The predicted octanol–water partition coefficient (Wildman–Crippen LogP) is 2.94. The number of hydrogen-bond acceptors (Lipinski definition) is 8. The summed E-state index contributed by atoms with van der Waals surface area (Å²) in [5.41, 5.74) is 14.8. The van der Waals surface area contributed by atoms with E-state index >= 15 is 0 Å². The summed E-state index contributed by atoms with van der Waals surface area (Å²) >= 11 is 0. The number of fused-ring (bicyclic) bond motifs is 1. The third-order valence-electron chi connectivity index (χ3n) is 11.0. The van der Waals surface area contributed by atoms with Crippen LogP contribution in [0.1, 0.15) is 47.9 Å². The van der Waals surface area contributed by atoms with E-state index in [0.717, 1.165) is 27.5 Å². The topological polar surface area (TPSA) is 233 Å². The first-order valence-electron chi connectivity index (χ1n) is 21.6. The van der Waals surface area contributed by atoms with E-state index in [2.05, 4.69) is 60.7 Å². The number of nitrogens with two attached hydrogens (primary N) is 2. The summed E-state index contributed by atoms with van der Waals surface area (Å²) in [7, 11) is 0. The Bertz CT molecular complexity index is 2330. The minimum absolute atomic E-state index is 0.0140. The Morgan fingerprint density at radius 3 is 1.70 bits per heavy atom. The number of phenolic OH excluding ortho intramolecular Hbond substituents is 1. The predicted molar refractivity (Wildman–Crippen MR) is 246 cm³/mol. The molecule has 5 aromatic carbocycles. The van der Waals surface area contributed by atoms with E-state index in [4.69, 9.17) is 11.5 Å². The Kier molecular flexibility index (Phi) is 16.8. The molecule has 0 spiro atoms. The minimum atomic E-state index is -1.18. The zero-order valence-electron chi connectivity index (χ0n) is 35.7. The summed E-state index contributed by atoms with van der Waals surface area (Å²) in [4.78, 5) is 76.8. The maximum Gasteiger partial charge on any atom is 0.243 e. The Hall–Kier alpha value is -7.26. The standard InChI is InChI=1S/C49H57N9O6/c50-49(51)52-25-9-17-40-47(63)57-42(29-36-19-22-37-15-7-8-16-38(37)27-36)45(61)53-30-44(60)54-43(28-33-20-23-39(59)24-21-33)48(64)56-41(46(62)55-40)18-10-26-58(31-34-11-3-1-4-12-34)32-35-13-5-2-6-14-35/h1-8,11-16,19-24,27,40-43,59H,9-10,17-18,25-26,28-32H2,(H,53,61)(H,54,60)(H,55,62)(H,56,64)(H,57,63)(H4,50,51,52)/t40-,41-,42-,43+/m0/s1. The maximum absolute atomic E-state index is 14.5. The number of guanidine groups is 1. The summed E-state index contributed by atoms with van der Waals surface area (Å²) in [6.45, 7) is 1.53. The maximum atomic E-state index is 14.5. The second kappa shape index (κ2) is 23.3. The fourth-order valence-corrected chi connectivity index (χ4v) is 7.70. The van der Waals surface area contributed by atoms with Crippen LogP contribution < -0.4 is 38.1 Å². The van der Waals surface area contributed by atoms with Gasteiger partial charge < -0.3 is 43.2 Å². The van der Waals surface area contributed by atoms with E-state index in [9.17, 15) is 29.1 Å². The molecule has 0 radical (unpaired) electrons. The zero-order chi connectivity index (χ0) is 45.3. The lowest BCUT2D eigenvalue weighted by Gasteiger charge is -2.27. The van der Waals surface area contributed by atoms with Gasteiger partial charge in [0.1, 0.15) is 29.9 Å². The SMILES string of the molecule is NC(N)=NCCC[C@@H]1NC(=O)[C@H](CCCN(Cc2ccccc2)Cc2ccccc2)NC(=O)[C@@H](Cc2ccc(O)cc2)NC(=O)CNC(=O)[C@H](Cc2ccc3ccccc3c2)NC1=O. The summed E-state index contributed by atoms with van der Waals surface area (Å²) in [6.07, 6.45) is 1.15. The third-order valence-corrected chi connectivity index (χ3v) is 11.0. The first-order valence-corrected chi connectivity index (χ1v) is 21.6. The highest BCUT2D eigenvalue weighted by atomic mass is 16.3. The quantitative estimate of drug-likeness (QED) is 0.0413. The molecule has 1 heterocycles. The Balaban J connectivity index is 1.29. The van der Waals surface area contributed by atoms with Gasteiger partial charge in [-0.05, 0) is 77.4 Å². The van der Waals surface area contributed by atoms with Crippen LogP contribution in [-0.4, -0.2) is 89.3 Å². The number of phenols is 1. The molecular weight excluding hydrogens is 811 g/mol. The number of carbonyl (C=O) groups excluding carboxylic acids is 5. The van der Waals surface area contributed by atoms with Crippen LogP contribution >= 0.6 is 0 Å². The molecule has 6 rings (SSSR count). The van der Waals surface area contributed by atoms with Crippen molar-refractivity contribution in [3.05, 3.63) is 150 Å². The molecule has 1 aliphatic rings. The van der Waals surface area contributed by atoms with Gasteiger partial charge in [0.2, 0.25) is 29.5 Å². The van der Waals surface area contributed by atoms with Gasteiger partial charge in [-0.15, -0.1) is 0 Å². The number of carbonyl (C=O) groups is 5.